The topological polar surface area (TPSA) is 21.3 Å². The number of nitrogens with one attached hydrogen (secondary N) is 1. The van der Waals surface area contributed by atoms with E-state index >= 15 is 0 Å². The lowest BCUT2D eigenvalue weighted by Gasteiger charge is -2.65. The highest BCUT2D eigenvalue weighted by atomic mass is 16.5. The van der Waals surface area contributed by atoms with Gasteiger partial charge in [0.25, 0.3) is 0 Å². The van der Waals surface area contributed by atoms with Crippen LogP contribution in [-0.2, 0) is 4.74 Å². The van der Waals surface area contributed by atoms with Gasteiger partial charge in [-0.15, -0.1) is 0 Å². The van der Waals surface area contributed by atoms with Crippen molar-refractivity contribution < 1.29 is 4.74 Å². The van der Waals surface area contributed by atoms with Gasteiger partial charge >= 0.3 is 0 Å². The van der Waals surface area contributed by atoms with Gasteiger partial charge in [-0.3, -0.25) is 0 Å². The Hall–Kier alpha value is -0.0800. The Morgan fingerprint density at radius 1 is 1.05 bits per heavy atom. The summed E-state index contributed by atoms with van der Waals surface area (Å²) in [4.78, 5) is 0. The van der Waals surface area contributed by atoms with E-state index in [9.17, 15) is 0 Å². The van der Waals surface area contributed by atoms with Gasteiger partial charge in [0.2, 0.25) is 0 Å². The third-order valence-electron chi connectivity index (χ3n) is 6.85. The van der Waals surface area contributed by atoms with Crippen LogP contribution in [0, 0.1) is 16.7 Å². The maximum Gasteiger partial charge on any atom is 0.0576 e. The molecule has 0 spiro atoms. The van der Waals surface area contributed by atoms with Crippen LogP contribution in [0.4, 0.5) is 0 Å². The molecule has 3 unspecified atom stereocenters. The van der Waals surface area contributed by atoms with Crippen molar-refractivity contribution in [3.8, 4) is 0 Å². The summed E-state index contributed by atoms with van der Waals surface area (Å²) in [5, 5.41) is 4.05. The normalized spacial score (nSPS) is 51.7. The summed E-state index contributed by atoms with van der Waals surface area (Å²) in [6.07, 6.45) is 14.5. The van der Waals surface area contributed by atoms with Crippen molar-refractivity contribution in [1.29, 1.82) is 0 Å². The number of hydrogen-bond acceptors (Lipinski definition) is 2. The molecule has 0 aromatic heterocycles. The molecule has 4 aliphatic carbocycles. The fraction of sp³-hybridized carbons (Fsp3) is 1.00. The van der Waals surface area contributed by atoms with Crippen molar-refractivity contribution in [1.82, 2.24) is 5.32 Å². The molecule has 120 valence electrons. The Balaban J connectivity index is 1.34. The van der Waals surface area contributed by atoms with Crippen LogP contribution in [0.15, 0.2) is 0 Å². The minimum atomic E-state index is 0.486. The third-order valence-corrected chi connectivity index (χ3v) is 6.85. The first kappa shape index (κ1) is 14.5. The molecule has 0 aromatic carbocycles. The second-order valence-corrected chi connectivity index (χ2v) is 9.61. The van der Waals surface area contributed by atoms with Crippen molar-refractivity contribution in [2.75, 3.05) is 13.2 Å². The van der Waals surface area contributed by atoms with E-state index in [1.165, 1.54) is 70.8 Å². The molecule has 21 heavy (non-hydrogen) atoms. The number of hydrogen-bond donors (Lipinski definition) is 1. The molecule has 1 N–H and O–H groups in total. The molecule has 4 saturated carbocycles. The summed E-state index contributed by atoms with van der Waals surface area (Å²) in [5.41, 5.74) is 1.75. The summed E-state index contributed by atoms with van der Waals surface area (Å²) < 4.78 is 5.75. The van der Waals surface area contributed by atoms with E-state index in [0.717, 1.165) is 12.5 Å². The zero-order valence-corrected chi connectivity index (χ0v) is 14.0. The highest BCUT2D eigenvalue weighted by molar-refractivity contribution is 5.14. The zero-order chi connectivity index (χ0) is 14.6. The van der Waals surface area contributed by atoms with E-state index < -0.39 is 0 Å². The Labute approximate surface area is 130 Å². The van der Waals surface area contributed by atoms with Gasteiger partial charge in [-0.2, -0.15) is 0 Å². The second-order valence-electron chi connectivity index (χ2n) is 9.61. The second kappa shape index (κ2) is 4.96. The Kier molecular flexibility index (Phi) is 3.43. The molecule has 1 heterocycles. The fourth-order valence-electron chi connectivity index (χ4n) is 7.20. The average Bonchev–Trinajstić information content (AvgIpc) is 2.83. The molecular weight excluding hydrogens is 258 g/mol. The molecule has 4 bridgehead atoms. The standard InChI is InChI=1S/C19H33NO/c1-17-9-15-10-18(2,12-17)14-19(11-15,13-17)20-7-3-5-16-6-4-8-21-16/h15-16,20H,3-14H2,1-2H3. The molecule has 5 aliphatic rings. The molecule has 2 heteroatoms. The molecule has 0 aromatic rings. The first-order chi connectivity index (χ1) is 9.99. The van der Waals surface area contributed by atoms with Gasteiger partial charge in [0, 0.05) is 12.1 Å². The van der Waals surface area contributed by atoms with Crippen LogP contribution in [0.5, 0.6) is 0 Å². The van der Waals surface area contributed by atoms with Crippen molar-refractivity contribution in [3.63, 3.8) is 0 Å². The Morgan fingerprint density at radius 3 is 2.43 bits per heavy atom. The minimum absolute atomic E-state index is 0.486. The van der Waals surface area contributed by atoms with E-state index in [1.807, 2.05) is 0 Å². The highest BCUT2D eigenvalue weighted by Gasteiger charge is 2.59. The minimum Gasteiger partial charge on any atom is -0.378 e. The predicted octanol–water partition coefficient (Wildman–Crippen LogP) is 4.28. The van der Waals surface area contributed by atoms with Gasteiger partial charge in [0.1, 0.15) is 0 Å². The van der Waals surface area contributed by atoms with Crippen molar-refractivity contribution in [2.45, 2.75) is 89.7 Å². The molecule has 0 amide bonds. The largest absolute Gasteiger partial charge is 0.378 e. The van der Waals surface area contributed by atoms with Crippen molar-refractivity contribution in [2.24, 2.45) is 16.7 Å². The van der Waals surface area contributed by atoms with Gasteiger partial charge in [0.05, 0.1) is 6.10 Å². The van der Waals surface area contributed by atoms with Gasteiger partial charge < -0.3 is 10.1 Å². The van der Waals surface area contributed by atoms with Crippen LogP contribution < -0.4 is 5.32 Å². The maximum atomic E-state index is 5.75. The van der Waals surface area contributed by atoms with Crippen LogP contribution >= 0.6 is 0 Å². The van der Waals surface area contributed by atoms with E-state index in [-0.39, 0.29) is 0 Å². The van der Waals surface area contributed by atoms with Gasteiger partial charge in [-0.1, -0.05) is 13.8 Å². The van der Waals surface area contributed by atoms with Gasteiger partial charge in [-0.05, 0) is 87.5 Å². The molecule has 0 radical (unpaired) electrons. The molecule has 2 nitrogen and oxygen atoms in total. The summed E-state index contributed by atoms with van der Waals surface area (Å²) >= 11 is 0. The number of rotatable bonds is 5. The zero-order valence-electron chi connectivity index (χ0n) is 14.0. The Bertz CT molecular complexity index is 382. The van der Waals surface area contributed by atoms with Crippen LogP contribution in [-0.4, -0.2) is 24.8 Å². The lowest BCUT2D eigenvalue weighted by Crippen LogP contribution is -2.64. The van der Waals surface area contributed by atoms with Gasteiger partial charge in [0.15, 0.2) is 0 Å². The number of ether oxygens (including phenoxy) is 1. The van der Waals surface area contributed by atoms with E-state index in [2.05, 4.69) is 19.2 Å². The molecule has 5 rings (SSSR count). The van der Waals surface area contributed by atoms with Crippen molar-refractivity contribution >= 4 is 0 Å². The monoisotopic (exact) mass is 291 g/mol. The molecule has 5 fully saturated rings. The van der Waals surface area contributed by atoms with E-state index in [0.29, 0.717) is 22.5 Å². The summed E-state index contributed by atoms with van der Waals surface area (Å²) in [6.45, 7) is 7.34. The molecule has 1 saturated heterocycles. The maximum absolute atomic E-state index is 5.75. The summed E-state index contributed by atoms with van der Waals surface area (Å²) in [7, 11) is 0. The first-order valence-electron chi connectivity index (χ1n) is 9.35. The lowest BCUT2D eigenvalue weighted by atomic mass is 9.43. The predicted molar refractivity (Wildman–Crippen MR) is 86.3 cm³/mol. The van der Waals surface area contributed by atoms with Crippen molar-refractivity contribution in [3.05, 3.63) is 0 Å². The molecule has 1 aliphatic heterocycles. The van der Waals surface area contributed by atoms with Crippen LogP contribution in [0.3, 0.4) is 0 Å². The molecular formula is C19H33NO. The SMILES string of the molecule is CC12CC3CC(C)(C1)CC(NCCCC1CCCO1)(C3)C2. The summed E-state index contributed by atoms with van der Waals surface area (Å²) in [6, 6.07) is 0. The van der Waals surface area contributed by atoms with E-state index in [1.54, 1.807) is 0 Å². The first-order valence-corrected chi connectivity index (χ1v) is 9.35. The van der Waals surface area contributed by atoms with Crippen LogP contribution in [0.1, 0.15) is 78.1 Å². The van der Waals surface area contributed by atoms with E-state index in [4.69, 9.17) is 4.74 Å². The third kappa shape index (κ3) is 2.79. The smallest absolute Gasteiger partial charge is 0.0576 e. The molecule has 3 atom stereocenters. The van der Waals surface area contributed by atoms with Crippen LogP contribution in [0.2, 0.25) is 0 Å². The van der Waals surface area contributed by atoms with Crippen LogP contribution in [0.25, 0.3) is 0 Å². The summed E-state index contributed by atoms with van der Waals surface area (Å²) in [5.74, 6) is 1.00. The highest BCUT2D eigenvalue weighted by Crippen LogP contribution is 2.66. The fourth-order valence-corrected chi connectivity index (χ4v) is 7.20. The Morgan fingerprint density at radius 2 is 1.81 bits per heavy atom. The lowest BCUT2D eigenvalue weighted by molar-refractivity contribution is -0.117. The quantitative estimate of drug-likeness (QED) is 0.763. The van der Waals surface area contributed by atoms with Gasteiger partial charge in [-0.25, -0.2) is 0 Å². The average molecular weight is 291 g/mol.